The number of nitrogens with zero attached hydrogens (tertiary/aromatic N) is 1. The molecule has 0 radical (unpaired) electrons. The highest BCUT2D eigenvalue weighted by Gasteiger charge is 2.10. The van der Waals surface area contributed by atoms with Gasteiger partial charge >= 0.3 is 0 Å². The first-order valence-corrected chi connectivity index (χ1v) is 7.35. The van der Waals surface area contributed by atoms with Gasteiger partial charge in [0.2, 0.25) is 0 Å². The molecule has 0 atom stereocenters. The number of hydrogen-bond donors (Lipinski definition) is 2. The molecule has 0 aliphatic carbocycles. The van der Waals surface area contributed by atoms with Gasteiger partial charge in [-0.05, 0) is 50.0 Å². The average Bonchev–Trinajstić information content (AvgIpc) is 2.41. The quantitative estimate of drug-likeness (QED) is 0.833. The van der Waals surface area contributed by atoms with Gasteiger partial charge in [0.25, 0.3) is 5.91 Å². The summed E-state index contributed by atoms with van der Waals surface area (Å²) in [6, 6.07) is 13.0. The van der Waals surface area contributed by atoms with Gasteiger partial charge in [-0.15, -0.1) is 0 Å². The Kier molecular flexibility index (Phi) is 4.98. The monoisotopic (exact) mass is 347 g/mol. The maximum Gasteiger partial charge on any atom is 0.257 e. The van der Waals surface area contributed by atoms with E-state index in [2.05, 4.69) is 26.1 Å². The fraction of sp³-hybridized carbons (Fsp3) is 0.188. The molecule has 0 bridgehead atoms. The fourth-order valence-corrected chi connectivity index (χ4v) is 2.40. The Balaban J connectivity index is 2.17. The lowest BCUT2D eigenvalue weighted by Gasteiger charge is -2.12. The molecular weight excluding hydrogens is 330 g/mol. The third kappa shape index (κ3) is 4.31. The van der Waals surface area contributed by atoms with Crippen LogP contribution in [0, 0.1) is 0 Å². The van der Waals surface area contributed by atoms with Crippen LogP contribution in [0.25, 0.3) is 0 Å². The van der Waals surface area contributed by atoms with E-state index < -0.39 is 0 Å². The van der Waals surface area contributed by atoms with Crippen LogP contribution in [0.4, 0.5) is 11.4 Å². The van der Waals surface area contributed by atoms with Gasteiger partial charge in [0.05, 0.1) is 5.56 Å². The minimum Gasteiger partial charge on any atom is -0.398 e. The van der Waals surface area contributed by atoms with Gasteiger partial charge in [0, 0.05) is 22.4 Å². The first-order chi connectivity index (χ1) is 9.95. The standard InChI is InChI=1S/C16H18BrN3O/c1-20(2)10-11-4-3-5-13(8-11)19-16(21)14-9-12(17)6-7-15(14)18/h3-9H,10,18H2,1-2H3,(H,19,21). The first kappa shape index (κ1) is 15.5. The molecule has 1 amide bonds. The van der Waals surface area contributed by atoms with Crippen molar-refractivity contribution in [3.8, 4) is 0 Å². The topological polar surface area (TPSA) is 58.4 Å². The number of nitrogen functional groups attached to an aromatic ring is 1. The van der Waals surface area contributed by atoms with Crippen molar-refractivity contribution in [3.05, 3.63) is 58.1 Å². The molecule has 0 aromatic heterocycles. The summed E-state index contributed by atoms with van der Waals surface area (Å²) in [4.78, 5) is 14.4. The second kappa shape index (κ2) is 6.74. The summed E-state index contributed by atoms with van der Waals surface area (Å²) in [5.41, 5.74) is 8.67. The molecule has 0 aliphatic heterocycles. The molecule has 2 rings (SSSR count). The molecule has 0 unspecified atom stereocenters. The number of anilines is 2. The van der Waals surface area contributed by atoms with Gasteiger partial charge in [-0.1, -0.05) is 28.1 Å². The van der Waals surface area contributed by atoms with Crippen LogP contribution in [0.2, 0.25) is 0 Å². The number of hydrogen-bond acceptors (Lipinski definition) is 3. The lowest BCUT2D eigenvalue weighted by molar-refractivity contribution is 0.102. The fourth-order valence-electron chi connectivity index (χ4n) is 2.04. The van der Waals surface area contributed by atoms with Crippen LogP contribution in [0.5, 0.6) is 0 Å². The Morgan fingerprint density at radius 1 is 1.24 bits per heavy atom. The number of benzene rings is 2. The van der Waals surface area contributed by atoms with Gasteiger partial charge in [-0.3, -0.25) is 4.79 Å². The highest BCUT2D eigenvalue weighted by Crippen LogP contribution is 2.20. The van der Waals surface area contributed by atoms with E-state index in [1.807, 2.05) is 44.4 Å². The number of amides is 1. The highest BCUT2D eigenvalue weighted by molar-refractivity contribution is 9.10. The van der Waals surface area contributed by atoms with Crippen LogP contribution in [0.1, 0.15) is 15.9 Å². The summed E-state index contributed by atoms with van der Waals surface area (Å²) < 4.78 is 0.822. The minimum absolute atomic E-state index is 0.212. The van der Waals surface area contributed by atoms with Crippen LogP contribution in [-0.2, 0) is 6.54 Å². The summed E-state index contributed by atoms with van der Waals surface area (Å²) in [6.45, 7) is 0.822. The SMILES string of the molecule is CN(C)Cc1cccc(NC(=O)c2cc(Br)ccc2N)c1. The van der Waals surface area contributed by atoms with E-state index >= 15 is 0 Å². The van der Waals surface area contributed by atoms with E-state index in [0.717, 1.165) is 22.3 Å². The molecule has 2 aromatic rings. The smallest absolute Gasteiger partial charge is 0.257 e. The Labute approximate surface area is 133 Å². The average molecular weight is 348 g/mol. The Morgan fingerprint density at radius 3 is 2.71 bits per heavy atom. The summed E-state index contributed by atoms with van der Waals surface area (Å²) in [6.07, 6.45) is 0. The predicted octanol–water partition coefficient (Wildman–Crippen LogP) is 3.35. The van der Waals surface area contributed by atoms with Crippen molar-refractivity contribution in [2.75, 3.05) is 25.1 Å². The Morgan fingerprint density at radius 2 is 2.00 bits per heavy atom. The number of nitrogens with one attached hydrogen (secondary N) is 1. The third-order valence-electron chi connectivity index (χ3n) is 2.94. The number of carbonyl (C=O) groups excluding carboxylic acids is 1. The van der Waals surface area contributed by atoms with Crippen molar-refractivity contribution in [1.82, 2.24) is 4.90 Å². The van der Waals surface area contributed by atoms with Crippen LogP contribution in [0.15, 0.2) is 46.9 Å². The van der Waals surface area contributed by atoms with Crippen LogP contribution < -0.4 is 11.1 Å². The van der Waals surface area contributed by atoms with E-state index in [4.69, 9.17) is 5.73 Å². The first-order valence-electron chi connectivity index (χ1n) is 6.56. The van der Waals surface area contributed by atoms with Crippen molar-refractivity contribution in [3.63, 3.8) is 0 Å². The molecule has 0 saturated heterocycles. The van der Waals surface area contributed by atoms with Crippen molar-refractivity contribution >= 4 is 33.2 Å². The molecule has 2 aromatic carbocycles. The molecule has 0 spiro atoms. The van der Waals surface area contributed by atoms with E-state index in [-0.39, 0.29) is 5.91 Å². The maximum atomic E-state index is 12.3. The predicted molar refractivity (Wildman–Crippen MR) is 90.3 cm³/mol. The van der Waals surface area contributed by atoms with Gasteiger partial charge < -0.3 is 16.0 Å². The molecule has 3 N–H and O–H groups in total. The Hall–Kier alpha value is -1.85. The van der Waals surface area contributed by atoms with Gasteiger partial charge in [-0.2, -0.15) is 0 Å². The largest absolute Gasteiger partial charge is 0.398 e. The number of carbonyl (C=O) groups is 1. The minimum atomic E-state index is -0.212. The van der Waals surface area contributed by atoms with E-state index in [1.54, 1.807) is 12.1 Å². The molecule has 110 valence electrons. The Bertz CT molecular complexity index is 656. The molecule has 0 fully saturated rings. The second-order valence-electron chi connectivity index (χ2n) is 5.12. The van der Waals surface area contributed by atoms with Gasteiger partial charge in [0.15, 0.2) is 0 Å². The van der Waals surface area contributed by atoms with Crippen molar-refractivity contribution in [2.45, 2.75) is 6.54 Å². The zero-order chi connectivity index (χ0) is 15.4. The third-order valence-corrected chi connectivity index (χ3v) is 3.44. The zero-order valence-corrected chi connectivity index (χ0v) is 13.6. The van der Waals surface area contributed by atoms with Crippen molar-refractivity contribution in [2.24, 2.45) is 0 Å². The van der Waals surface area contributed by atoms with Crippen LogP contribution >= 0.6 is 15.9 Å². The summed E-state index contributed by atoms with van der Waals surface area (Å²) in [5, 5.41) is 2.88. The highest BCUT2D eigenvalue weighted by atomic mass is 79.9. The molecule has 0 aliphatic rings. The summed E-state index contributed by atoms with van der Waals surface area (Å²) in [7, 11) is 4.01. The lowest BCUT2D eigenvalue weighted by Crippen LogP contribution is -2.15. The summed E-state index contributed by atoms with van der Waals surface area (Å²) >= 11 is 3.35. The number of rotatable bonds is 4. The molecular formula is C16H18BrN3O. The van der Waals surface area contributed by atoms with Gasteiger partial charge in [-0.25, -0.2) is 0 Å². The number of nitrogens with two attached hydrogens (primary N) is 1. The van der Waals surface area contributed by atoms with Crippen LogP contribution in [0.3, 0.4) is 0 Å². The van der Waals surface area contributed by atoms with E-state index in [1.165, 1.54) is 0 Å². The van der Waals surface area contributed by atoms with E-state index in [0.29, 0.717) is 11.3 Å². The second-order valence-corrected chi connectivity index (χ2v) is 6.04. The van der Waals surface area contributed by atoms with Crippen molar-refractivity contribution < 1.29 is 4.79 Å². The van der Waals surface area contributed by atoms with E-state index in [9.17, 15) is 4.79 Å². The maximum absolute atomic E-state index is 12.3. The summed E-state index contributed by atoms with van der Waals surface area (Å²) in [5.74, 6) is -0.212. The molecule has 4 nitrogen and oxygen atoms in total. The molecule has 5 heteroatoms. The molecule has 21 heavy (non-hydrogen) atoms. The number of halogens is 1. The van der Waals surface area contributed by atoms with Crippen LogP contribution in [-0.4, -0.2) is 24.9 Å². The molecule has 0 saturated carbocycles. The lowest BCUT2D eigenvalue weighted by atomic mass is 10.1. The zero-order valence-electron chi connectivity index (χ0n) is 12.1. The normalized spacial score (nSPS) is 10.7. The van der Waals surface area contributed by atoms with Crippen molar-refractivity contribution in [1.29, 1.82) is 0 Å². The molecule has 0 heterocycles. The van der Waals surface area contributed by atoms with Gasteiger partial charge in [0.1, 0.15) is 0 Å².